The Balaban J connectivity index is 2.05. The van der Waals surface area contributed by atoms with Crippen LogP contribution >= 0.6 is 0 Å². The third kappa shape index (κ3) is 2.25. The molecule has 0 radical (unpaired) electrons. The van der Waals surface area contributed by atoms with Crippen LogP contribution in [0.25, 0.3) is 0 Å². The third-order valence-corrected chi connectivity index (χ3v) is 3.48. The van der Waals surface area contributed by atoms with Gasteiger partial charge < -0.3 is 10.2 Å². The van der Waals surface area contributed by atoms with Gasteiger partial charge in [-0.1, -0.05) is 6.07 Å². The summed E-state index contributed by atoms with van der Waals surface area (Å²) in [5, 5.41) is 3.00. The van der Waals surface area contributed by atoms with Gasteiger partial charge in [-0.2, -0.15) is 0 Å². The molecular weight excluding hydrogens is 260 g/mol. The van der Waals surface area contributed by atoms with Crippen molar-refractivity contribution < 1.29 is 8.78 Å². The summed E-state index contributed by atoms with van der Waals surface area (Å²) in [4.78, 5) is 6.14. The summed E-state index contributed by atoms with van der Waals surface area (Å²) in [6.45, 7) is 1.25. The van der Waals surface area contributed by atoms with Gasteiger partial charge in [0.1, 0.15) is 17.5 Å². The van der Waals surface area contributed by atoms with Gasteiger partial charge in [0.25, 0.3) is 0 Å². The average molecular weight is 275 g/mol. The number of rotatable bonds is 3. The molecule has 0 saturated heterocycles. The van der Waals surface area contributed by atoms with Crippen LogP contribution < -0.4 is 10.2 Å². The summed E-state index contributed by atoms with van der Waals surface area (Å²) >= 11 is 0. The van der Waals surface area contributed by atoms with Gasteiger partial charge in [0, 0.05) is 24.3 Å². The Morgan fingerprint density at radius 3 is 2.90 bits per heavy atom. The maximum absolute atomic E-state index is 13.4. The minimum atomic E-state index is -0.363. The molecule has 0 saturated carbocycles. The molecule has 0 fully saturated rings. The van der Waals surface area contributed by atoms with Crippen molar-refractivity contribution in [1.29, 1.82) is 0 Å². The van der Waals surface area contributed by atoms with E-state index in [0.29, 0.717) is 12.4 Å². The summed E-state index contributed by atoms with van der Waals surface area (Å²) in [6.07, 6.45) is 2.04. The van der Waals surface area contributed by atoms with Crippen LogP contribution in [0.1, 0.15) is 11.1 Å². The SMILES string of the molecule is CNCc1cc(F)cnc1N1CCc2ccc(F)cc21. The molecule has 3 nitrogen and oxygen atoms in total. The molecule has 1 aromatic heterocycles. The smallest absolute Gasteiger partial charge is 0.141 e. The number of fused-ring (bicyclic) bond motifs is 1. The first-order valence-electron chi connectivity index (χ1n) is 6.54. The Morgan fingerprint density at radius 2 is 2.10 bits per heavy atom. The molecule has 3 rings (SSSR count). The van der Waals surface area contributed by atoms with Gasteiger partial charge in [-0.15, -0.1) is 0 Å². The van der Waals surface area contributed by atoms with Crippen molar-refractivity contribution in [2.75, 3.05) is 18.5 Å². The van der Waals surface area contributed by atoms with E-state index in [-0.39, 0.29) is 11.6 Å². The summed E-state index contributed by atoms with van der Waals surface area (Å²) in [6, 6.07) is 6.24. The van der Waals surface area contributed by atoms with Crippen LogP contribution in [-0.4, -0.2) is 18.6 Å². The Labute approximate surface area is 116 Å². The summed E-state index contributed by atoms with van der Waals surface area (Å²) in [5.74, 6) is 0.0516. The van der Waals surface area contributed by atoms with Crippen molar-refractivity contribution in [3.05, 3.63) is 53.2 Å². The highest BCUT2D eigenvalue weighted by Gasteiger charge is 2.24. The number of hydrogen-bond donors (Lipinski definition) is 1. The lowest BCUT2D eigenvalue weighted by molar-refractivity contribution is 0.616. The van der Waals surface area contributed by atoms with Gasteiger partial charge in [-0.25, -0.2) is 13.8 Å². The van der Waals surface area contributed by atoms with E-state index in [9.17, 15) is 8.78 Å². The topological polar surface area (TPSA) is 28.2 Å². The zero-order valence-corrected chi connectivity index (χ0v) is 11.2. The van der Waals surface area contributed by atoms with Crippen LogP contribution in [0.15, 0.2) is 30.5 Å². The Morgan fingerprint density at radius 1 is 1.25 bits per heavy atom. The highest BCUT2D eigenvalue weighted by Crippen LogP contribution is 2.35. The number of nitrogens with one attached hydrogen (secondary N) is 1. The molecule has 104 valence electrons. The largest absolute Gasteiger partial charge is 0.325 e. The van der Waals surface area contributed by atoms with E-state index in [2.05, 4.69) is 10.3 Å². The lowest BCUT2D eigenvalue weighted by Gasteiger charge is -2.21. The molecule has 1 aromatic carbocycles. The second kappa shape index (κ2) is 5.17. The van der Waals surface area contributed by atoms with Gasteiger partial charge in [0.05, 0.1) is 6.20 Å². The Kier molecular flexibility index (Phi) is 3.36. The molecule has 0 atom stereocenters. The number of halogens is 2. The van der Waals surface area contributed by atoms with Crippen LogP contribution in [0.4, 0.5) is 20.3 Å². The molecule has 0 bridgehead atoms. The minimum absolute atomic E-state index is 0.270. The molecule has 5 heteroatoms. The highest BCUT2D eigenvalue weighted by molar-refractivity contribution is 5.69. The van der Waals surface area contributed by atoms with Gasteiger partial charge in [0.2, 0.25) is 0 Å². The van der Waals surface area contributed by atoms with E-state index in [1.54, 1.807) is 13.1 Å². The standard InChI is InChI=1S/C15H15F2N3/c1-18-8-11-6-13(17)9-19-15(11)20-5-4-10-2-3-12(16)7-14(10)20/h2-3,6-7,9,18H,4-5,8H2,1H3. The van der Waals surface area contributed by atoms with E-state index in [1.807, 2.05) is 4.90 Å². The fourth-order valence-corrected chi connectivity index (χ4v) is 2.61. The van der Waals surface area contributed by atoms with E-state index in [4.69, 9.17) is 0 Å². The average Bonchev–Trinajstić information content (AvgIpc) is 2.82. The second-order valence-electron chi connectivity index (χ2n) is 4.84. The van der Waals surface area contributed by atoms with Crippen LogP contribution in [0, 0.1) is 11.6 Å². The quantitative estimate of drug-likeness (QED) is 0.933. The summed E-state index contributed by atoms with van der Waals surface area (Å²) in [5.41, 5.74) is 2.68. The summed E-state index contributed by atoms with van der Waals surface area (Å²) < 4.78 is 26.8. The molecular formula is C15H15F2N3. The van der Waals surface area contributed by atoms with Crippen molar-refractivity contribution in [3.63, 3.8) is 0 Å². The maximum atomic E-state index is 13.4. The molecule has 0 aliphatic carbocycles. The van der Waals surface area contributed by atoms with Crippen LogP contribution in [0.2, 0.25) is 0 Å². The number of benzene rings is 1. The normalized spacial score (nSPS) is 13.7. The second-order valence-corrected chi connectivity index (χ2v) is 4.84. The number of anilines is 2. The number of pyridine rings is 1. The number of aromatic nitrogens is 1. The zero-order chi connectivity index (χ0) is 14.1. The molecule has 1 N–H and O–H groups in total. The number of hydrogen-bond acceptors (Lipinski definition) is 3. The van der Waals surface area contributed by atoms with Crippen LogP contribution in [0.3, 0.4) is 0 Å². The number of nitrogens with zero attached hydrogens (tertiary/aromatic N) is 2. The lowest BCUT2D eigenvalue weighted by atomic mass is 10.1. The fraction of sp³-hybridized carbons (Fsp3) is 0.267. The Bertz CT molecular complexity index is 643. The van der Waals surface area contributed by atoms with Gasteiger partial charge in [-0.05, 0) is 37.2 Å². The molecule has 20 heavy (non-hydrogen) atoms. The van der Waals surface area contributed by atoms with E-state index in [0.717, 1.165) is 29.8 Å². The Hall–Kier alpha value is -2.01. The zero-order valence-electron chi connectivity index (χ0n) is 11.2. The first-order valence-corrected chi connectivity index (χ1v) is 6.54. The van der Waals surface area contributed by atoms with Crippen molar-refractivity contribution in [1.82, 2.24) is 10.3 Å². The molecule has 2 heterocycles. The van der Waals surface area contributed by atoms with Crippen molar-refractivity contribution in [2.24, 2.45) is 0 Å². The molecule has 1 aliphatic rings. The minimum Gasteiger partial charge on any atom is -0.325 e. The predicted octanol–water partition coefficient (Wildman–Crippen LogP) is 2.77. The highest BCUT2D eigenvalue weighted by atomic mass is 19.1. The van der Waals surface area contributed by atoms with Crippen molar-refractivity contribution in [3.8, 4) is 0 Å². The first-order chi connectivity index (χ1) is 9.69. The van der Waals surface area contributed by atoms with Gasteiger partial charge in [-0.3, -0.25) is 0 Å². The predicted molar refractivity (Wildman–Crippen MR) is 74.1 cm³/mol. The van der Waals surface area contributed by atoms with Gasteiger partial charge in [0.15, 0.2) is 0 Å². The van der Waals surface area contributed by atoms with E-state index < -0.39 is 0 Å². The van der Waals surface area contributed by atoms with E-state index in [1.165, 1.54) is 24.4 Å². The molecule has 0 spiro atoms. The maximum Gasteiger partial charge on any atom is 0.141 e. The third-order valence-electron chi connectivity index (χ3n) is 3.48. The summed E-state index contributed by atoms with van der Waals surface area (Å²) in [7, 11) is 1.80. The fourth-order valence-electron chi connectivity index (χ4n) is 2.61. The van der Waals surface area contributed by atoms with Crippen LogP contribution in [0.5, 0.6) is 0 Å². The van der Waals surface area contributed by atoms with Crippen molar-refractivity contribution in [2.45, 2.75) is 13.0 Å². The molecule has 2 aromatic rings. The lowest BCUT2D eigenvalue weighted by Crippen LogP contribution is -2.19. The molecule has 0 amide bonds. The first kappa shape index (κ1) is 13.0. The van der Waals surface area contributed by atoms with Crippen LogP contribution in [-0.2, 0) is 13.0 Å². The van der Waals surface area contributed by atoms with Gasteiger partial charge >= 0.3 is 0 Å². The van der Waals surface area contributed by atoms with Crippen molar-refractivity contribution >= 4 is 11.5 Å². The van der Waals surface area contributed by atoms with E-state index >= 15 is 0 Å². The monoisotopic (exact) mass is 275 g/mol. The molecule has 0 unspecified atom stereocenters. The molecule has 1 aliphatic heterocycles.